The SMILES string of the molecule is COC(=O)CN(C=O)C(=O)OC. The van der Waals surface area contributed by atoms with E-state index in [1.807, 2.05) is 0 Å². The Labute approximate surface area is 69.0 Å². The van der Waals surface area contributed by atoms with Crippen LogP contribution in [0.3, 0.4) is 0 Å². The largest absolute Gasteiger partial charge is 0.468 e. The Hall–Kier alpha value is -1.59. The summed E-state index contributed by atoms with van der Waals surface area (Å²) in [7, 11) is 2.26. The van der Waals surface area contributed by atoms with Gasteiger partial charge in [-0.15, -0.1) is 0 Å². The van der Waals surface area contributed by atoms with Crippen molar-refractivity contribution < 1.29 is 23.9 Å². The summed E-state index contributed by atoms with van der Waals surface area (Å²) in [6.45, 7) is -0.438. The van der Waals surface area contributed by atoms with Crippen LogP contribution in [0.25, 0.3) is 0 Å². The second-order valence-electron chi connectivity index (χ2n) is 1.78. The number of hydrogen-bond acceptors (Lipinski definition) is 5. The van der Waals surface area contributed by atoms with Gasteiger partial charge in [0.2, 0.25) is 6.41 Å². The Balaban J connectivity index is 4.08. The molecule has 0 atom stereocenters. The van der Waals surface area contributed by atoms with Crippen molar-refractivity contribution in [1.82, 2.24) is 4.90 Å². The number of methoxy groups -OCH3 is 2. The van der Waals surface area contributed by atoms with Crippen LogP contribution in [0.4, 0.5) is 4.79 Å². The maximum Gasteiger partial charge on any atom is 0.416 e. The van der Waals surface area contributed by atoms with Gasteiger partial charge in [-0.3, -0.25) is 9.59 Å². The van der Waals surface area contributed by atoms with E-state index in [1.54, 1.807) is 0 Å². The van der Waals surface area contributed by atoms with Crippen LogP contribution in [0, 0.1) is 0 Å². The summed E-state index contributed by atoms with van der Waals surface area (Å²) in [6.07, 6.45) is -0.696. The first-order chi connectivity index (χ1) is 5.65. The molecule has 0 saturated heterocycles. The average molecular weight is 175 g/mol. The quantitative estimate of drug-likeness (QED) is 0.422. The van der Waals surface area contributed by atoms with Gasteiger partial charge in [-0.1, -0.05) is 0 Å². The number of hydrogen-bond donors (Lipinski definition) is 0. The van der Waals surface area contributed by atoms with E-state index in [0.717, 1.165) is 14.2 Å². The van der Waals surface area contributed by atoms with Gasteiger partial charge in [-0.05, 0) is 0 Å². The molecule has 0 aliphatic rings. The van der Waals surface area contributed by atoms with Gasteiger partial charge >= 0.3 is 12.1 Å². The van der Waals surface area contributed by atoms with E-state index >= 15 is 0 Å². The van der Waals surface area contributed by atoms with E-state index in [1.165, 1.54) is 0 Å². The van der Waals surface area contributed by atoms with Crippen molar-refractivity contribution in [2.24, 2.45) is 0 Å². The Kier molecular flexibility index (Phi) is 4.43. The summed E-state index contributed by atoms with van der Waals surface area (Å²) < 4.78 is 8.43. The fourth-order valence-corrected chi connectivity index (χ4v) is 0.466. The third-order valence-corrected chi connectivity index (χ3v) is 1.06. The minimum absolute atomic E-state index is 0.197. The first-order valence-corrected chi connectivity index (χ1v) is 3.02. The summed E-state index contributed by atoms with van der Waals surface area (Å²) in [6, 6.07) is 0. The maximum atomic E-state index is 10.7. The number of rotatable bonds is 3. The standard InChI is InChI=1S/C6H9NO5/c1-11-5(9)3-7(4-8)6(10)12-2/h4H,3H2,1-2H3. The van der Waals surface area contributed by atoms with Gasteiger partial charge in [0.25, 0.3) is 0 Å². The molecule has 0 aromatic rings. The fourth-order valence-electron chi connectivity index (χ4n) is 0.466. The minimum atomic E-state index is -0.893. The second-order valence-corrected chi connectivity index (χ2v) is 1.78. The molecule has 0 rings (SSSR count). The molecular weight excluding hydrogens is 166 g/mol. The van der Waals surface area contributed by atoms with Crippen LogP contribution in [0.2, 0.25) is 0 Å². The molecule has 0 aromatic carbocycles. The summed E-state index contributed by atoms with van der Waals surface area (Å²) in [5, 5.41) is 0. The van der Waals surface area contributed by atoms with Crippen LogP contribution in [0.1, 0.15) is 0 Å². The highest BCUT2D eigenvalue weighted by molar-refractivity contribution is 5.86. The molecule has 68 valence electrons. The Bertz CT molecular complexity index is 190. The Morgan fingerprint density at radius 2 is 1.92 bits per heavy atom. The second kappa shape index (κ2) is 5.11. The minimum Gasteiger partial charge on any atom is -0.468 e. The van der Waals surface area contributed by atoms with Crippen LogP contribution in [-0.2, 0) is 19.1 Å². The Morgan fingerprint density at radius 1 is 1.33 bits per heavy atom. The van der Waals surface area contributed by atoms with E-state index in [2.05, 4.69) is 9.47 Å². The molecule has 0 radical (unpaired) electrons. The number of amides is 2. The molecule has 0 spiro atoms. The molecule has 0 heterocycles. The van der Waals surface area contributed by atoms with Crippen molar-refractivity contribution in [2.45, 2.75) is 0 Å². The molecule has 0 N–H and O–H groups in total. The number of imide groups is 1. The molecule has 6 heteroatoms. The molecular formula is C6H9NO5. The third-order valence-electron chi connectivity index (χ3n) is 1.06. The van der Waals surface area contributed by atoms with Crippen LogP contribution < -0.4 is 0 Å². The van der Waals surface area contributed by atoms with Crippen molar-refractivity contribution >= 4 is 18.5 Å². The van der Waals surface area contributed by atoms with Crippen molar-refractivity contribution in [2.75, 3.05) is 20.8 Å². The molecule has 0 saturated carbocycles. The smallest absolute Gasteiger partial charge is 0.416 e. The first kappa shape index (κ1) is 10.4. The Morgan fingerprint density at radius 3 is 2.25 bits per heavy atom. The molecule has 0 aromatic heterocycles. The molecule has 6 nitrogen and oxygen atoms in total. The highest BCUT2D eigenvalue weighted by atomic mass is 16.5. The predicted molar refractivity (Wildman–Crippen MR) is 37.2 cm³/mol. The predicted octanol–water partition coefficient (Wildman–Crippen LogP) is -0.616. The van der Waals surface area contributed by atoms with Crippen LogP contribution >= 0.6 is 0 Å². The van der Waals surface area contributed by atoms with E-state index in [9.17, 15) is 14.4 Å². The fraction of sp³-hybridized carbons (Fsp3) is 0.500. The van der Waals surface area contributed by atoms with Crippen molar-refractivity contribution in [3.05, 3.63) is 0 Å². The lowest BCUT2D eigenvalue weighted by Crippen LogP contribution is -2.34. The van der Waals surface area contributed by atoms with E-state index in [-0.39, 0.29) is 6.41 Å². The van der Waals surface area contributed by atoms with Gasteiger partial charge in [-0.2, -0.15) is 0 Å². The van der Waals surface area contributed by atoms with Gasteiger partial charge < -0.3 is 9.47 Å². The molecule has 12 heavy (non-hydrogen) atoms. The third kappa shape index (κ3) is 3.00. The topological polar surface area (TPSA) is 72.9 Å². The van der Waals surface area contributed by atoms with Gasteiger partial charge in [0, 0.05) is 0 Å². The highest BCUT2D eigenvalue weighted by Crippen LogP contribution is 1.89. The molecule has 0 aliphatic heterocycles. The number of ether oxygens (including phenoxy) is 2. The van der Waals surface area contributed by atoms with Crippen LogP contribution in [0.5, 0.6) is 0 Å². The van der Waals surface area contributed by atoms with Crippen LogP contribution in [0.15, 0.2) is 0 Å². The number of carbonyl (C=O) groups excluding carboxylic acids is 3. The maximum absolute atomic E-state index is 10.7. The summed E-state index contributed by atoms with van der Waals surface area (Å²) >= 11 is 0. The lowest BCUT2D eigenvalue weighted by atomic mass is 10.6. The average Bonchev–Trinajstić information content (AvgIpc) is 2.12. The van der Waals surface area contributed by atoms with Gasteiger partial charge in [0.15, 0.2) is 0 Å². The first-order valence-electron chi connectivity index (χ1n) is 3.02. The summed E-state index contributed by atoms with van der Waals surface area (Å²) in [4.78, 5) is 32.0. The van der Waals surface area contributed by atoms with Crippen molar-refractivity contribution in [3.8, 4) is 0 Å². The number of carbonyl (C=O) groups is 3. The monoisotopic (exact) mass is 175 g/mol. The van der Waals surface area contributed by atoms with Gasteiger partial charge in [-0.25, -0.2) is 9.69 Å². The zero-order valence-corrected chi connectivity index (χ0v) is 6.77. The van der Waals surface area contributed by atoms with Crippen molar-refractivity contribution in [1.29, 1.82) is 0 Å². The van der Waals surface area contributed by atoms with Gasteiger partial charge in [0.05, 0.1) is 14.2 Å². The zero-order valence-electron chi connectivity index (χ0n) is 6.77. The van der Waals surface area contributed by atoms with E-state index in [4.69, 9.17) is 0 Å². The summed E-state index contributed by atoms with van der Waals surface area (Å²) in [5.74, 6) is -0.687. The highest BCUT2D eigenvalue weighted by Gasteiger charge is 2.16. The van der Waals surface area contributed by atoms with E-state index < -0.39 is 18.6 Å². The van der Waals surface area contributed by atoms with Gasteiger partial charge in [0.1, 0.15) is 6.54 Å². The molecule has 0 fully saturated rings. The normalized spacial score (nSPS) is 8.50. The number of esters is 1. The van der Waals surface area contributed by atoms with Crippen LogP contribution in [-0.4, -0.2) is 44.1 Å². The number of nitrogens with zero attached hydrogens (tertiary/aromatic N) is 1. The molecule has 2 amide bonds. The molecule has 0 unspecified atom stereocenters. The zero-order chi connectivity index (χ0) is 9.56. The summed E-state index contributed by atoms with van der Waals surface area (Å²) in [5.41, 5.74) is 0. The lowest BCUT2D eigenvalue weighted by Gasteiger charge is -2.11. The van der Waals surface area contributed by atoms with Crippen molar-refractivity contribution in [3.63, 3.8) is 0 Å². The molecule has 0 bridgehead atoms. The lowest BCUT2D eigenvalue weighted by molar-refractivity contribution is -0.143. The molecule has 0 aliphatic carbocycles. The van der Waals surface area contributed by atoms with E-state index in [0.29, 0.717) is 4.90 Å².